The van der Waals surface area contributed by atoms with E-state index < -0.39 is 12.0 Å². The quantitative estimate of drug-likeness (QED) is 0.468. The minimum Gasteiger partial charge on any atom is -0.497 e. The standard InChI is InChI=1S/C21H30N2O5/c1-5-6-7-8-9-12-28-20(24)18-14(2)22-21(25)23-19(18)16-13-15(26-3)10-11-17(16)27-4/h10-11,13,19H,5-9,12H2,1-4H3,(H2,22,23,25)/t19-/m0/s1. The van der Waals surface area contributed by atoms with E-state index in [1.54, 1.807) is 39.3 Å². The van der Waals surface area contributed by atoms with E-state index >= 15 is 0 Å². The third kappa shape index (κ3) is 5.41. The van der Waals surface area contributed by atoms with Crippen LogP contribution < -0.4 is 20.1 Å². The lowest BCUT2D eigenvalue weighted by Crippen LogP contribution is -2.45. The van der Waals surface area contributed by atoms with Crippen molar-refractivity contribution in [1.82, 2.24) is 10.6 Å². The first-order valence-electron chi connectivity index (χ1n) is 9.69. The minimum atomic E-state index is -0.689. The van der Waals surface area contributed by atoms with E-state index in [4.69, 9.17) is 14.2 Å². The van der Waals surface area contributed by atoms with Gasteiger partial charge in [-0.05, 0) is 31.5 Å². The van der Waals surface area contributed by atoms with E-state index in [2.05, 4.69) is 17.6 Å². The summed E-state index contributed by atoms with van der Waals surface area (Å²) in [5.41, 5.74) is 1.46. The van der Waals surface area contributed by atoms with Crippen molar-refractivity contribution in [3.8, 4) is 11.5 Å². The number of ether oxygens (including phenoxy) is 3. The van der Waals surface area contributed by atoms with Gasteiger partial charge < -0.3 is 24.8 Å². The first-order valence-corrected chi connectivity index (χ1v) is 9.69. The first-order chi connectivity index (χ1) is 13.5. The molecule has 1 aromatic carbocycles. The summed E-state index contributed by atoms with van der Waals surface area (Å²) in [6, 6.07) is 4.18. The van der Waals surface area contributed by atoms with E-state index in [0.717, 1.165) is 19.3 Å². The Balaban J connectivity index is 2.21. The highest BCUT2D eigenvalue weighted by molar-refractivity contribution is 5.95. The van der Waals surface area contributed by atoms with Crippen LogP contribution in [0.25, 0.3) is 0 Å². The Morgan fingerprint density at radius 3 is 2.54 bits per heavy atom. The molecule has 1 aliphatic heterocycles. The van der Waals surface area contributed by atoms with E-state index in [1.165, 1.54) is 12.8 Å². The fourth-order valence-corrected chi connectivity index (χ4v) is 3.21. The van der Waals surface area contributed by atoms with Crippen molar-refractivity contribution in [1.29, 1.82) is 0 Å². The highest BCUT2D eigenvalue weighted by atomic mass is 16.5. The van der Waals surface area contributed by atoms with E-state index in [9.17, 15) is 9.59 Å². The first kappa shape index (κ1) is 21.6. The number of methoxy groups -OCH3 is 2. The van der Waals surface area contributed by atoms with Gasteiger partial charge >= 0.3 is 12.0 Å². The van der Waals surface area contributed by atoms with Gasteiger partial charge in [-0.25, -0.2) is 9.59 Å². The average molecular weight is 390 g/mol. The van der Waals surface area contributed by atoms with Gasteiger partial charge in [0.25, 0.3) is 0 Å². The van der Waals surface area contributed by atoms with Crippen molar-refractivity contribution in [2.24, 2.45) is 0 Å². The van der Waals surface area contributed by atoms with Crippen LogP contribution in [0.15, 0.2) is 29.5 Å². The van der Waals surface area contributed by atoms with Gasteiger partial charge in [0.1, 0.15) is 11.5 Å². The molecule has 2 amide bonds. The lowest BCUT2D eigenvalue weighted by atomic mass is 9.94. The van der Waals surface area contributed by atoms with Crippen LogP contribution in [0, 0.1) is 0 Å². The SMILES string of the molecule is CCCCCCCOC(=O)C1=C(C)NC(=O)N[C@H]1c1cc(OC)ccc1OC. The molecule has 0 aliphatic carbocycles. The molecule has 0 bridgehead atoms. The molecule has 0 unspecified atom stereocenters. The van der Waals surface area contributed by atoms with Crippen LogP contribution in [0.5, 0.6) is 11.5 Å². The number of urea groups is 1. The maximum Gasteiger partial charge on any atom is 0.338 e. The Labute approximate surface area is 166 Å². The molecule has 1 atom stereocenters. The Hall–Kier alpha value is -2.70. The molecule has 0 spiro atoms. The predicted octanol–water partition coefficient (Wildman–Crippen LogP) is 3.85. The zero-order valence-corrected chi connectivity index (χ0v) is 17.1. The van der Waals surface area contributed by atoms with Gasteiger partial charge in [0.2, 0.25) is 0 Å². The van der Waals surface area contributed by atoms with Crippen LogP contribution in [-0.4, -0.2) is 32.8 Å². The summed E-state index contributed by atoms with van der Waals surface area (Å²) >= 11 is 0. The molecule has 1 aliphatic rings. The van der Waals surface area contributed by atoms with Crippen LogP contribution in [0.1, 0.15) is 57.6 Å². The van der Waals surface area contributed by atoms with Gasteiger partial charge in [-0.2, -0.15) is 0 Å². The molecule has 2 rings (SSSR count). The molecule has 2 N–H and O–H groups in total. The van der Waals surface area contributed by atoms with Crippen molar-refractivity contribution >= 4 is 12.0 Å². The molecule has 7 nitrogen and oxygen atoms in total. The molecule has 0 aromatic heterocycles. The molecular formula is C21H30N2O5. The molecule has 28 heavy (non-hydrogen) atoms. The lowest BCUT2D eigenvalue weighted by Gasteiger charge is -2.29. The van der Waals surface area contributed by atoms with Crippen molar-refractivity contribution in [2.75, 3.05) is 20.8 Å². The van der Waals surface area contributed by atoms with E-state index in [1.807, 2.05) is 0 Å². The highest BCUT2D eigenvalue weighted by Gasteiger charge is 2.34. The highest BCUT2D eigenvalue weighted by Crippen LogP contribution is 2.35. The minimum absolute atomic E-state index is 0.356. The number of hydrogen-bond donors (Lipinski definition) is 2. The third-order valence-corrected chi connectivity index (χ3v) is 4.72. The number of allylic oxidation sites excluding steroid dienone is 1. The van der Waals surface area contributed by atoms with Gasteiger partial charge in [0, 0.05) is 11.3 Å². The average Bonchev–Trinajstić information content (AvgIpc) is 2.69. The summed E-state index contributed by atoms with van der Waals surface area (Å²) in [6.45, 7) is 4.21. The zero-order chi connectivity index (χ0) is 20.5. The molecule has 1 aromatic rings. The Morgan fingerprint density at radius 2 is 1.86 bits per heavy atom. The van der Waals surface area contributed by atoms with Crippen LogP contribution in [0.2, 0.25) is 0 Å². The Morgan fingerprint density at radius 1 is 1.11 bits per heavy atom. The molecule has 154 valence electrons. The maximum atomic E-state index is 12.8. The largest absolute Gasteiger partial charge is 0.497 e. The number of rotatable bonds is 10. The summed E-state index contributed by atoms with van der Waals surface area (Å²) < 4.78 is 16.2. The molecule has 0 fully saturated rings. The Bertz CT molecular complexity index is 730. The van der Waals surface area contributed by atoms with Crippen molar-refractivity contribution in [2.45, 2.75) is 52.0 Å². The third-order valence-electron chi connectivity index (χ3n) is 4.72. The van der Waals surface area contributed by atoms with Crippen molar-refractivity contribution in [3.05, 3.63) is 35.0 Å². The van der Waals surface area contributed by atoms with Gasteiger partial charge in [-0.3, -0.25) is 0 Å². The van der Waals surface area contributed by atoms with Crippen molar-refractivity contribution < 1.29 is 23.8 Å². The van der Waals surface area contributed by atoms with Crippen LogP contribution in [0.3, 0.4) is 0 Å². The summed E-state index contributed by atoms with van der Waals surface area (Å²) in [5, 5.41) is 5.45. The second kappa shape index (κ2) is 10.6. The number of amides is 2. The van der Waals surface area contributed by atoms with Crippen molar-refractivity contribution in [3.63, 3.8) is 0 Å². The van der Waals surface area contributed by atoms with Gasteiger partial charge in [0.05, 0.1) is 32.4 Å². The van der Waals surface area contributed by atoms with E-state index in [-0.39, 0.29) is 6.03 Å². The number of unbranched alkanes of at least 4 members (excludes halogenated alkanes) is 4. The second-order valence-corrected chi connectivity index (χ2v) is 6.73. The molecule has 0 saturated carbocycles. The fraction of sp³-hybridized carbons (Fsp3) is 0.524. The molecule has 7 heteroatoms. The van der Waals surface area contributed by atoms with Gasteiger partial charge in [-0.15, -0.1) is 0 Å². The number of nitrogens with one attached hydrogen (secondary N) is 2. The molecular weight excluding hydrogens is 360 g/mol. The lowest BCUT2D eigenvalue weighted by molar-refractivity contribution is -0.139. The zero-order valence-electron chi connectivity index (χ0n) is 17.1. The topological polar surface area (TPSA) is 85.9 Å². The normalized spacial score (nSPS) is 16.3. The Kier molecular flexibility index (Phi) is 8.17. The predicted molar refractivity (Wildman–Crippen MR) is 106 cm³/mol. The summed E-state index contributed by atoms with van der Waals surface area (Å²) in [4.78, 5) is 24.9. The summed E-state index contributed by atoms with van der Waals surface area (Å²) in [6.07, 6.45) is 5.34. The second-order valence-electron chi connectivity index (χ2n) is 6.73. The fourth-order valence-electron chi connectivity index (χ4n) is 3.21. The smallest absolute Gasteiger partial charge is 0.338 e. The van der Waals surface area contributed by atoms with Gasteiger partial charge in [0.15, 0.2) is 0 Å². The summed E-state index contributed by atoms with van der Waals surface area (Å²) in [7, 11) is 3.10. The van der Waals surface area contributed by atoms with E-state index in [0.29, 0.717) is 34.9 Å². The van der Waals surface area contributed by atoms with Crippen LogP contribution in [-0.2, 0) is 9.53 Å². The number of hydrogen-bond acceptors (Lipinski definition) is 5. The van der Waals surface area contributed by atoms with Crippen LogP contribution >= 0.6 is 0 Å². The molecule has 0 saturated heterocycles. The summed E-state index contributed by atoms with van der Waals surface area (Å²) in [5.74, 6) is 0.700. The monoisotopic (exact) mass is 390 g/mol. The molecule has 1 heterocycles. The molecule has 0 radical (unpaired) electrons. The van der Waals surface area contributed by atoms with Gasteiger partial charge in [-0.1, -0.05) is 32.6 Å². The number of carbonyl (C=O) groups is 2. The number of esters is 1. The number of carbonyl (C=O) groups excluding carboxylic acids is 2. The maximum absolute atomic E-state index is 12.8. The number of benzene rings is 1. The van der Waals surface area contributed by atoms with Crippen LogP contribution in [0.4, 0.5) is 4.79 Å².